The first-order valence-corrected chi connectivity index (χ1v) is 8.23. The first-order valence-electron chi connectivity index (χ1n) is 6.79. The van der Waals surface area contributed by atoms with E-state index in [9.17, 15) is 8.42 Å². The van der Waals surface area contributed by atoms with Crippen LogP contribution in [-0.4, -0.2) is 35.0 Å². The Balaban J connectivity index is 2.44. The summed E-state index contributed by atoms with van der Waals surface area (Å²) in [6.45, 7) is 5.36. The Morgan fingerprint density at radius 3 is 2.57 bits per heavy atom. The highest BCUT2D eigenvalue weighted by Gasteiger charge is 2.32. The minimum atomic E-state index is -3.60. The van der Waals surface area contributed by atoms with Gasteiger partial charge in [0.15, 0.2) is 0 Å². The summed E-state index contributed by atoms with van der Waals surface area (Å²) in [5, 5.41) is 6.71. The monoisotopic (exact) mass is 308 g/mol. The van der Waals surface area contributed by atoms with Gasteiger partial charge in [-0.25, -0.2) is 8.42 Å². The second-order valence-corrected chi connectivity index (χ2v) is 6.93. The lowest BCUT2D eigenvalue weighted by molar-refractivity contribution is 0.366. The highest BCUT2D eigenvalue weighted by atomic mass is 32.2. The van der Waals surface area contributed by atoms with E-state index in [4.69, 9.17) is 0 Å². The second kappa shape index (κ2) is 5.95. The third kappa shape index (κ3) is 2.84. The molecule has 0 amide bonds. The van der Waals surface area contributed by atoms with Crippen molar-refractivity contribution in [1.82, 2.24) is 19.5 Å². The van der Waals surface area contributed by atoms with Gasteiger partial charge >= 0.3 is 0 Å². The van der Waals surface area contributed by atoms with Crippen LogP contribution in [0.25, 0.3) is 0 Å². The van der Waals surface area contributed by atoms with Crippen LogP contribution in [0, 0.1) is 13.8 Å². The van der Waals surface area contributed by atoms with Crippen molar-refractivity contribution in [2.45, 2.75) is 38.1 Å². The molecule has 0 saturated carbocycles. The number of aryl methyl sites for hydroxylation is 2. The Morgan fingerprint density at radius 2 is 2.10 bits per heavy atom. The topological polar surface area (TPSA) is 79.0 Å². The first kappa shape index (κ1) is 15.7. The van der Waals surface area contributed by atoms with Crippen molar-refractivity contribution in [3.63, 3.8) is 0 Å². The highest BCUT2D eigenvalue weighted by Crippen LogP contribution is 2.30. The van der Waals surface area contributed by atoms with Crippen molar-refractivity contribution >= 4 is 10.0 Å². The summed E-state index contributed by atoms with van der Waals surface area (Å²) in [6, 6.07) is 3.45. The van der Waals surface area contributed by atoms with Crippen LogP contribution in [-0.2, 0) is 10.0 Å². The number of aromatic nitrogens is 3. The molecule has 0 aliphatic carbocycles. The first-order chi connectivity index (χ1) is 9.89. The Bertz CT molecular complexity index is 690. The maximum atomic E-state index is 12.9. The lowest BCUT2D eigenvalue weighted by Crippen LogP contribution is -2.31. The van der Waals surface area contributed by atoms with Crippen molar-refractivity contribution in [3.05, 3.63) is 41.5 Å². The quantitative estimate of drug-likeness (QED) is 0.918. The number of nitrogens with one attached hydrogen (secondary N) is 1. The highest BCUT2D eigenvalue weighted by molar-refractivity contribution is 7.89. The average molecular weight is 308 g/mol. The predicted octanol–water partition coefficient (Wildman–Crippen LogP) is 2.19. The Kier molecular flexibility index (Phi) is 4.43. The summed E-state index contributed by atoms with van der Waals surface area (Å²) in [4.78, 5) is 4.33. The summed E-state index contributed by atoms with van der Waals surface area (Å²) < 4.78 is 27.1. The molecule has 6 nitrogen and oxygen atoms in total. The molecule has 1 N–H and O–H groups in total. The molecule has 0 unspecified atom stereocenters. The number of pyridine rings is 1. The Labute approximate surface area is 125 Å². The third-order valence-corrected chi connectivity index (χ3v) is 5.72. The number of hydrogen-bond donors (Lipinski definition) is 1. The molecule has 7 heteroatoms. The number of aromatic amines is 1. The van der Waals surface area contributed by atoms with E-state index in [-0.39, 0.29) is 10.9 Å². The smallest absolute Gasteiger partial charge is 0.247 e. The summed E-state index contributed by atoms with van der Waals surface area (Å²) in [7, 11) is -2.01. The molecule has 2 heterocycles. The van der Waals surface area contributed by atoms with Crippen LogP contribution in [0.15, 0.2) is 29.4 Å². The maximum absolute atomic E-state index is 12.9. The molecule has 0 aliphatic heterocycles. The molecule has 2 aromatic heterocycles. The second-order valence-electron chi connectivity index (χ2n) is 4.99. The molecule has 2 rings (SSSR count). The molecule has 0 aromatic carbocycles. The van der Waals surface area contributed by atoms with Crippen LogP contribution >= 0.6 is 0 Å². The van der Waals surface area contributed by atoms with Gasteiger partial charge in [0.2, 0.25) is 10.0 Å². The number of rotatable bonds is 5. The van der Waals surface area contributed by atoms with Gasteiger partial charge in [0, 0.05) is 19.4 Å². The van der Waals surface area contributed by atoms with Gasteiger partial charge in [0.05, 0.1) is 17.4 Å². The van der Waals surface area contributed by atoms with E-state index in [1.807, 2.05) is 19.1 Å². The summed E-state index contributed by atoms with van der Waals surface area (Å²) >= 11 is 0. The lowest BCUT2D eigenvalue weighted by Gasteiger charge is -2.26. The fourth-order valence-corrected chi connectivity index (χ4v) is 4.25. The van der Waals surface area contributed by atoms with E-state index in [1.165, 1.54) is 4.31 Å². The van der Waals surface area contributed by atoms with Gasteiger partial charge in [-0.2, -0.15) is 9.40 Å². The van der Waals surface area contributed by atoms with E-state index in [0.29, 0.717) is 17.8 Å². The molecule has 0 spiro atoms. The molecular formula is C14H20N4O2S. The van der Waals surface area contributed by atoms with E-state index >= 15 is 0 Å². The summed E-state index contributed by atoms with van der Waals surface area (Å²) in [5.41, 5.74) is 1.92. The van der Waals surface area contributed by atoms with Gasteiger partial charge in [-0.3, -0.25) is 10.1 Å². The van der Waals surface area contributed by atoms with Crippen molar-refractivity contribution in [3.8, 4) is 0 Å². The molecule has 0 fully saturated rings. The molecule has 0 saturated heterocycles. The molecule has 0 aliphatic rings. The van der Waals surface area contributed by atoms with Gasteiger partial charge < -0.3 is 0 Å². The van der Waals surface area contributed by atoms with Crippen LogP contribution < -0.4 is 0 Å². The van der Waals surface area contributed by atoms with E-state index < -0.39 is 10.0 Å². The fraction of sp³-hybridized carbons (Fsp3) is 0.429. The van der Waals surface area contributed by atoms with Gasteiger partial charge in [0.1, 0.15) is 4.90 Å². The molecular weight excluding hydrogens is 288 g/mol. The standard InChI is InChI=1S/C14H20N4O2S/c1-5-13(12-7-6-8-15-9-12)18(4)21(19,20)14-10(2)16-17-11(14)3/h6-9,13H,5H2,1-4H3,(H,16,17)/t13-/m0/s1. The molecule has 0 radical (unpaired) electrons. The maximum Gasteiger partial charge on any atom is 0.247 e. The zero-order chi connectivity index (χ0) is 15.6. The molecule has 1 atom stereocenters. The zero-order valence-electron chi connectivity index (χ0n) is 12.7. The molecule has 114 valence electrons. The van der Waals surface area contributed by atoms with Crippen LogP contribution in [0.5, 0.6) is 0 Å². The largest absolute Gasteiger partial charge is 0.281 e. The fourth-order valence-electron chi connectivity index (χ4n) is 2.51. The van der Waals surface area contributed by atoms with Crippen molar-refractivity contribution in [2.24, 2.45) is 0 Å². The average Bonchev–Trinajstić information content (AvgIpc) is 2.80. The van der Waals surface area contributed by atoms with Crippen LogP contribution in [0.3, 0.4) is 0 Å². The zero-order valence-corrected chi connectivity index (χ0v) is 13.5. The summed E-state index contributed by atoms with van der Waals surface area (Å²) in [6.07, 6.45) is 4.04. The van der Waals surface area contributed by atoms with Gasteiger partial charge in [-0.15, -0.1) is 0 Å². The van der Waals surface area contributed by atoms with Gasteiger partial charge in [0.25, 0.3) is 0 Å². The van der Waals surface area contributed by atoms with Crippen LogP contribution in [0.1, 0.15) is 36.3 Å². The molecule has 21 heavy (non-hydrogen) atoms. The van der Waals surface area contributed by atoms with E-state index in [1.54, 1.807) is 33.3 Å². The van der Waals surface area contributed by atoms with E-state index in [0.717, 1.165) is 5.56 Å². The van der Waals surface area contributed by atoms with Crippen LogP contribution in [0.4, 0.5) is 0 Å². The normalized spacial score (nSPS) is 13.6. The van der Waals surface area contributed by atoms with Crippen LogP contribution in [0.2, 0.25) is 0 Å². The minimum absolute atomic E-state index is 0.252. The lowest BCUT2D eigenvalue weighted by atomic mass is 10.1. The molecule has 0 bridgehead atoms. The van der Waals surface area contributed by atoms with Gasteiger partial charge in [-0.05, 0) is 31.9 Å². The third-order valence-electron chi connectivity index (χ3n) is 3.59. The van der Waals surface area contributed by atoms with Gasteiger partial charge in [-0.1, -0.05) is 13.0 Å². The summed E-state index contributed by atoms with van der Waals surface area (Å²) in [5.74, 6) is 0. The minimum Gasteiger partial charge on any atom is -0.281 e. The number of H-pyrrole nitrogens is 1. The van der Waals surface area contributed by atoms with E-state index in [2.05, 4.69) is 15.2 Å². The van der Waals surface area contributed by atoms with Crippen molar-refractivity contribution in [1.29, 1.82) is 0 Å². The predicted molar refractivity (Wildman–Crippen MR) is 80.3 cm³/mol. The number of hydrogen-bond acceptors (Lipinski definition) is 4. The Hall–Kier alpha value is -1.73. The molecule has 2 aromatic rings. The van der Waals surface area contributed by atoms with Crippen molar-refractivity contribution in [2.75, 3.05) is 7.05 Å². The number of nitrogens with zero attached hydrogens (tertiary/aromatic N) is 3. The van der Waals surface area contributed by atoms with Crippen molar-refractivity contribution < 1.29 is 8.42 Å². The Morgan fingerprint density at radius 1 is 1.38 bits per heavy atom. The SMILES string of the molecule is CC[C@@H](c1cccnc1)N(C)S(=O)(=O)c1c(C)n[nH]c1C. The number of sulfonamides is 1.